The summed E-state index contributed by atoms with van der Waals surface area (Å²) < 4.78 is 47.7. The van der Waals surface area contributed by atoms with E-state index in [4.69, 9.17) is 9.47 Å². The van der Waals surface area contributed by atoms with Gasteiger partial charge in [-0.3, -0.25) is 9.35 Å². The van der Waals surface area contributed by atoms with Crippen molar-refractivity contribution >= 4 is 16.3 Å². The van der Waals surface area contributed by atoms with Crippen LogP contribution in [0.3, 0.4) is 0 Å². The number of ether oxygens (including phenoxy) is 2. The Morgan fingerprint density at radius 2 is 0.957 bits per heavy atom. The van der Waals surface area contributed by atoms with E-state index in [0.29, 0.717) is 12.8 Å². The maximum absolute atomic E-state index is 13.2. The van der Waals surface area contributed by atoms with Gasteiger partial charge in [0.25, 0.3) is 0 Å². The lowest BCUT2D eigenvalue weighted by Crippen LogP contribution is -2.61. The second-order valence-electron chi connectivity index (χ2n) is 19.6. The molecule has 14 heteroatoms. The van der Waals surface area contributed by atoms with Crippen LogP contribution in [0.15, 0.2) is 48.6 Å². The summed E-state index contributed by atoms with van der Waals surface area (Å²) in [5, 5.41) is 55.5. The van der Waals surface area contributed by atoms with Crippen LogP contribution in [-0.2, 0) is 28.9 Å². The second-order valence-corrected chi connectivity index (χ2v) is 20.7. The number of aliphatic hydroxyl groups excluding tert-OH is 5. The molecule has 0 aromatic heterocycles. The average Bonchev–Trinajstić information content (AvgIpc) is 3.33. The predicted molar refractivity (Wildman–Crippen MR) is 284 cm³/mol. The molecule has 1 aliphatic rings. The molecular weight excluding hydrogens is 911 g/mol. The topological polar surface area (TPSA) is 212 Å². The van der Waals surface area contributed by atoms with Crippen LogP contribution in [-0.4, -0.2) is 107 Å². The van der Waals surface area contributed by atoms with Crippen LogP contribution in [0.2, 0.25) is 0 Å². The highest BCUT2D eigenvalue weighted by atomic mass is 32.3. The van der Waals surface area contributed by atoms with Crippen molar-refractivity contribution in [2.24, 2.45) is 0 Å². The number of rotatable bonds is 48. The molecule has 13 nitrogen and oxygen atoms in total. The third-order valence-electron chi connectivity index (χ3n) is 13.2. The number of carbonyl (C=O) groups excluding carboxylic acids is 1. The number of amides is 1. The molecule has 8 atom stereocenters. The first-order valence-corrected chi connectivity index (χ1v) is 29.5. The molecular formula is C56H103NO12S. The Labute approximate surface area is 426 Å². The molecule has 0 spiro atoms. The van der Waals surface area contributed by atoms with Crippen LogP contribution in [0, 0.1) is 0 Å². The van der Waals surface area contributed by atoms with Gasteiger partial charge in [-0.1, -0.05) is 217 Å². The molecule has 0 aromatic rings. The monoisotopic (exact) mass is 1010 g/mol. The van der Waals surface area contributed by atoms with E-state index < -0.39 is 78.5 Å². The van der Waals surface area contributed by atoms with Crippen LogP contribution in [0.25, 0.3) is 0 Å². The molecule has 1 amide bonds. The fourth-order valence-corrected chi connectivity index (χ4v) is 9.23. The Hall–Kier alpha value is -1.98. The van der Waals surface area contributed by atoms with Gasteiger partial charge < -0.3 is 40.3 Å². The maximum Gasteiger partial charge on any atom is 0.397 e. The molecule has 0 radical (unpaired) electrons. The summed E-state index contributed by atoms with van der Waals surface area (Å²) in [6.45, 7) is 3.22. The maximum atomic E-state index is 13.2. The van der Waals surface area contributed by atoms with E-state index in [2.05, 4.69) is 59.8 Å². The highest BCUT2D eigenvalue weighted by Crippen LogP contribution is 2.26. The van der Waals surface area contributed by atoms with Crippen LogP contribution in [0.4, 0.5) is 0 Å². The number of nitrogens with one attached hydrogen (secondary N) is 1. The summed E-state index contributed by atoms with van der Waals surface area (Å²) in [7, 11) is -5.13. The van der Waals surface area contributed by atoms with Crippen molar-refractivity contribution < 1.29 is 57.0 Å². The van der Waals surface area contributed by atoms with Gasteiger partial charge in [-0.25, -0.2) is 4.18 Å². The number of allylic oxidation sites excluding steroid dienone is 7. The second kappa shape index (κ2) is 45.6. The zero-order valence-electron chi connectivity index (χ0n) is 43.9. The van der Waals surface area contributed by atoms with E-state index in [-0.39, 0.29) is 6.42 Å². The lowest BCUT2D eigenvalue weighted by atomic mass is 9.99. The molecule has 1 rings (SSSR count). The van der Waals surface area contributed by atoms with E-state index in [1.807, 2.05) is 0 Å². The third-order valence-corrected chi connectivity index (χ3v) is 13.6. The Kier molecular flexibility index (Phi) is 43.0. The lowest BCUT2D eigenvalue weighted by Gasteiger charge is -2.41. The Balaban J connectivity index is 2.50. The highest BCUT2D eigenvalue weighted by Gasteiger charge is 2.48. The average molecular weight is 1010 g/mol. The summed E-state index contributed by atoms with van der Waals surface area (Å²) in [6.07, 6.45) is 46.2. The van der Waals surface area contributed by atoms with Gasteiger partial charge in [0.05, 0.1) is 25.4 Å². The first-order chi connectivity index (χ1) is 33.9. The molecule has 0 saturated carbocycles. The van der Waals surface area contributed by atoms with Crippen LogP contribution < -0.4 is 5.32 Å². The van der Waals surface area contributed by atoms with Crippen molar-refractivity contribution in [1.82, 2.24) is 5.32 Å². The van der Waals surface area contributed by atoms with Gasteiger partial charge in [-0.05, 0) is 70.6 Å². The fourth-order valence-electron chi connectivity index (χ4n) is 8.72. The number of unbranched alkanes of at least 4 members (excludes halogenated alkanes) is 29. The summed E-state index contributed by atoms with van der Waals surface area (Å²) in [5.74, 6) is -0.720. The number of hydrogen-bond acceptors (Lipinski definition) is 11. The highest BCUT2D eigenvalue weighted by molar-refractivity contribution is 7.80. The summed E-state index contributed by atoms with van der Waals surface area (Å²) >= 11 is 0. The normalized spacial score (nSPS) is 20.4. The van der Waals surface area contributed by atoms with E-state index in [0.717, 1.165) is 70.6 Å². The Morgan fingerprint density at radius 3 is 1.37 bits per heavy atom. The zero-order chi connectivity index (χ0) is 51.3. The van der Waals surface area contributed by atoms with E-state index in [1.54, 1.807) is 6.08 Å². The number of hydrogen-bond donors (Lipinski definition) is 7. The van der Waals surface area contributed by atoms with Gasteiger partial charge in [0.2, 0.25) is 5.91 Å². The molecule has 0 aliphatic carbocycles. The van der Waals surface area contributed by atoms with Crippen molar-refractivity contribution in [2.45, 2.75) is 288 Å². The fraction of sp³-hybridized carbons (Fsp3) is 0.839. The van der Waals surface area contributed by atoms with Crippen molar-refractivity contribution in [1.29, 1.82) is 0 Å². The lowest BCUT2D eigenvalue weighted by molar-refractivity contribution is -0.298. The van der Waals surface area contributed by atoms with E-state index >= 15 is 0 Å². The third kappa shape index (κ3) is 36.9. The van der Waals surface area contributed by atoms with Crippen molar-refractivity contribution in [3.63, 3.8) is 0 Å². The predicted octanol–water partition coefficient (Wildman–Crippen LogP) is 11.8. The Bertz CT molecular complexity index is 1440. The van der Waals surface area contributed by atoms with Crippen molar-refractivity contribution in [3.05, 3.63) is 48.6 Å². The minimum atomic E-state index is -5.13. The number of aliphatic hydroxyl groups is 5. The molecule has 8 unspecified atom stereocenters. The van der Waals surface area contributed by atoms with Crippen molar-refractivity contribution in [3.8, 4) is 0 Å². The van der Waals surface area contributed by atoms with E-state index in [9.17, 15) is 43.3 Å². The van der Waals surface area contributed by atoms with Crippen molar-refractivity contribution in [2.75, 3.05) is 13.2 Å². The molecule has 0 aromatic carbocycles. The standard InChI is InChI=1S/C56H103NO12S/c1-3-5-7-9-11-13-15-17-19-21-23-25-27-29-31-33-35-37-39-41-43-45-50(60)55(63)57-48(47-67-56-53(62)54(69-70(64,65)66)52(61)51(46-58)68-56)49(59)44-42-40-38-36-34-32-30-28-26-24-22-20-18-16-14-12-10-8-6-4-2/h26-29,34,36,42,44,48-54,56,58-62H,3-25,30-33,35,37-41,43,45-47H2,1-2H3,(H,57,63)(H,64,65,66)/b28-26+,29-27-,36-34+,44-42+. The first kappa shape index (κ1) is 66.0. The van der Waals surface area contributed by atoms with E-state index in [1.165, 1.54) is 141 Å². The van der Waals surface area contributed by atoms with Gasteiger partial charge >= 0.3 is 10.4 Å². The first-order valence-electron chi connectivity index (χ1n) is 28.1. The van der Waals surface area contributed by atoms with Gasteiger partial charge in [0.1, 0.15) is 30.5 Å². The molecule has 1 aliphatic heterocycles. The zero-order valence-corrected chi connectivity index (χ0v) is 44.8. The molecule has 410 valence electrons. The number of carbonyl (C=O) groups is 1. The smallest absolute Gasteiger partial charge is 0.394 e. The minimum Gasteiger partial charge on any atom is -0.394 e. The minimum absolute atomic E-state index is 0.226. The summed E-state index contributed by atoms with van der Waals surface area (Å²) in [4.78, 5) is 13.2. The molecule has 0 bridgehead atoms. The molecule has 1 heterocycles. The van der Waals surface area contributed by atoms with Crippen LogP contribution in [0.1, 0.15) is 239 Å². The summed E-state index contributed by atoms with van der Waals surface area (Å²) in [5.41, 5.74) is 0. The molecule has 1 saturated heterocycles. The Morgan fingerprint density at radius 1 is 0.571 bits per heavy atom. The summed E-state index contributed by atoms with van der Waals surface area (Å²) in [6, 6.07) is -1.15. The SMILES string of the molecule is CCCCCCCCCCCC/C=C/CC/C=C/CC/C=C/C(O)C(COC1OC(CO)C(O)C(OS(=O)(=O)O)C1O)NC(=O)C(O)CCCCCCCC/C=C\CCCCCCCCCCCCC. The van der Waals surface area contributed by atoms with Gasteiger partial charge in [-0.2, -0.15) is 8.42 Å². The van der Waals surface area contributed by atoms with Crippen LogP contribution >= 0.6 is 0 Å². The van der Waals surface area contributed by atoms with Crippen LogP contribution in [0.5, 0.6) is 0 Å². The van der Waals surface area contributed by atoms with Gasteiger partial charge in [-0.15, -0.1) is 0 Å². The van der Waals surface area contributed by atoms with Gasteiger partial charge in [0.15, 0.2) is 6.29 Å². The molecule has 1 fully saturated rings. The molecule has 70 heavy (non-hydrogen) atoms. The van der Waals surface area contributed by atoms with Gasteiger partial charge in [0, 0.05) is 0 Å². The largest absolute Gasteiger partial charge is 0.397 e. The molecule has 7 N–H and O–H groups in total. The quantitative estimate of drug-likeness (QED) is 0.0172.